The maximum atomic E-state index is 12.1. The molecule has 0 atom stereocenters. The minimum absolute atomic E-state index is 0. The number of carbonyl (C=O) groups excluding carboxylic acids is 1. The van der Waals surface area contributed by atoms with Gasteiger partial charge in [0, 0.05) is 14.1 Å². The fourth-order valence-corrected chi connectivity index (χ4v) is 2.12. The summed E-state index contributed by atoms with van der Waals surface area (Å²) in [6.45, 7) is 4.06. The van der Waals surface area contributed by atoms with Gasteiger partial charge in [0.15, 0.2) is 0 Å². The van der Waals surface area contributed by atoms with E-state index in [1.165, 1.54) is 11.2 Å². The summed E-state index contributed by atoms with van der Waals surface area (Å²) < 4.78 is 5.38. The molecule has 3 rings (SSSR count). The number of hydrogen-bond donors (Lipinski definition) is 0. The predicted octanol–water partition coefficient (Wildman–Crippen LogP) is 3.12. The molecule has 2 heterocycles. The molecule has 0 unspecified atom stereocenters. The number of rotatable bonds is 1. The zero-order chi connectivity index (χ0) is 14.4. The van der Waals surface area contributed by atoms with E-state index in [-0.39, 0.29) is 18.3 Å². The minimum Gasteiger partial charge on any atom is -0.444 e. The van der Waals surface area contributed by atoms with E-state index in [0.29, 0.717) is 16.8 Å². The highest BCUT2D eigenvalue weighted by Gasteiger charge is 2.18. The van der Waals surface area contributed by atoms with Crippen molar-refractivity contribution in [1.29, 1.82) is 0 Å². The summed E-state index contributed by atoms with van der Waals surface area (Å²) in [4.78, 5) is 22.6. The molecular formula is C15H16ClN3O2. The van der Waals surface area contributed by atoms with Crippen molar-refractivity contribution < 1.29 is 9.21 Å². The quantitative estimate of drug-likeness (QED) is 0.693. The molecule has 1 amide bonds. The number of furan rings is 1. The van der Waals surface area contributed by atoms with Gasteiger partial charge in [-0.2, -0.15) is 0 Å². The highest BCUT2D eigenvalue weighted by molar-refractivity contribution is 6.04. The van der Waals surface area contributed by atoms with E-state index in [1.807, 2.05) is 26.0 Å². The van der Waals surface area contributed by atoms with E-state index in [0.717, 1.165) is 22.2 Å². The van der Waals surface area contributed by atoms with Gasteiger partial charge >= 0.3 is 0 Å². The van der Waals surface area contributed by atoms with Crippen LogP contribution < -0.4 is 0 Å². The molecule has 110 valence electrons. The number of benzene rings is 1. The smallest absolute Gasteiger partial charge is 0.258 e. The summed E-state index contributed by atoms with van der Waals surface area (Å²) in [5, 5.41) is 0. The molecule has 0 saturated carbocycles. The van der Waals surface area contributed by atoms with Crippen LogP contribution in [-0.2, 0) is 0 Å². The van der Waals surface area contributed by atoms with E-state index in [4.69, 9.17) is 4.42 Å². The van der Waals surface area contributed by atoms with Gasteiger partial charge in [0.25, 0.3) is 5.91 Å². The molecule has 0 spiro atoms. The van der Waals surface area contributed by atoms with Gasteiger partial charge in [0.05, 0.1) is 11.0 Å². The Morgan fingerprint density at radius 2 is 1.67 bits per heavy atom. The molecule has 2 aromatic heterocycles. The molecule has 21 heavy (non-hydrogen) atoms. The van der Waals surface area contributed by atoms with Crippen molar-refractivity contribution in [2.24, 2.45) is 0 Å². The first-order valence-electron chi connectivity index (χ1n) is 6.35. The van der Waals surface area contributed by atoms with Gasteiger partial charge < -0.3 is 9.32 Å². The van der Waals surface area contributed by atoms with Gasteiger partial charge in [-0.1, -0.05) is 0 Å². The molecule has 0 aliphatic rings. The molecule has 5 nitrogen and oxygen atoms in total. The number of hydrogen-bond acceptors (Lipinski definition) is 4. The molecule has 0 aliphatic carbocycles. The number of carbonyl (C=O) groups is 1. The van der Waals surface area contributed by atoms with Crippen LogP contribution in [-0.4, -0.2) is 34.9 Å². The van der Waals surface area contributed by atoms with Crippen LogP contribution in [0.5, 0.6) is 0 Å². The number of nitrogens with zero attached hydrogens (tertiary/aromatic N) is 3. The molecule has 0 fully saturated rings. The van der Waals surface area contributed by atoms with Crippen LogP contribution in [0.25, 0.3) is 22.3 Å². The Kier molecular flexibility index (Phi) is 3.87. The molecule has 0 aliphatic heterocycles. The van der Waals surface area contributed by atoms with E-state index in [1.54, 1.807) is 14.1 Å². The number of aromatic nitrogens is 2. The van der Waals surface area contributed by atoms with Gasteiger partial charge in [-0.25, -0.2) is 9.97 Å². The van der Waals surface area contributed by atoms with Crippen molar-refractivity contribution in [3.05, 3.63) is 35.1 Å². The number of halogens is 1. The lowest BCUT2D eigenvalue weighted by molar-refractivity contribution is 0.0828. The van der Waals surface area contributed by atoms with Crippen LogP contribution >= 0.6 is 12.4 Å². The van der Waals surface area contributed by atoms with Crippen LogP contribution in [0.15, 0.2) is 22.8 Å². The van der Waals surface area contributed by atoms with Crippen LogP contribution in [0.4, 0.5) is 0 Å². The van der Waals surface area contributed by atoms with Gasteiger partial charge in [0.1, 0.15) is 17.3 Å². The third kappa shape index (κ3) is 2.45. The second kappa shape index (κ2) is 5.33. The highest BCUT2D eigenvalue weighted by Crippen LogP contribution is 2.23. The molecule has 6 heteroatoms. The molecule has 0 saturated heterocycles. The van der Waals surface area contributed by atoms with Crippen molar-refractivity contribution in [1.82, 2.24) is 14.9 Å². The Bertz CT molecular complexity index is 840. The second-order valence-corrected chi connectivity index (χ2v) is 5.15. The summed E-state index contributed by atoms with van der Waals surface area (Å²) in [7, 11) is 3.40. The third-order valence-corrected chi connectivity index (χ3v) is 3.43. The van der Waals surface area contributed by atoms with Crippen LogP contribution in [0.2, 0.25) is 0 Å². The van der Waals surface area contributed by atoms with Crippen molar-refractivity contribution in [3.63, 3.8) is 0 Å². The molecule has 0 N–H and O–H groups in total. The van der Waals surface area contributed by atoms with Crippen molar-refractivity contribution in [2.75, 3.05) is 14.1 Å². The number of fused-ring (bicyclic) bond motifs is 2. The zero-order valence-electron chi connectivity index (χ0n) is 12.3. The maximum absolute atomic E-state index is 12.1. The zero-order valence-corrected chi connectivity index (χ0v) is 13.1. The summed E-state index contributed by atoms with van der Waals surface area (Å²) in [6.07, 6.45) is 1.42. The summed E-state index contributed by atoms with van der Waals surface area (Å²) in [5.74, 6) is -0.138. The van der Waals surface area contributed by atoms with Crippen LogP contribution in [0, 0.1) is 13.8 Å². The minimum atomic E-state index is -0.138. The summed E-state index contributed by atoms with van der Waals surface area (Å²) in [6, 6.07) is 3.96. The SMILES string of the molecule is Cc1cc2nc3occ(C(=O)N(C)C)c3nc2cc1C.Cl. The van der Waals surface area contributed by atoms with E-state index in [2.05, 4.69) is 9.97 Å². The predicted molar refractivity (Wildman–Crippen MR) is 84.0 cm³/mol. The Morgan fingerprint density at radius 1 is 1.10 bits per heavy atom. The Morgan fingerprint density at radius 3 is 2.24 bits per heavy atom. The standard InChI is InChI=1S/C15H15N3O2.ClH/c1-8-5-11-12(6-9(8)2)17-14-13(16-11)10(7-20-14)15(19)18(3)4;/h5-7H,1-4H3;1H. The van der Waals surface area contributed by atoms with Crippen molar-refractivity contribution >= 4 is 40.6 Å². The molecule has 1 aromatic carbocycles. The maximum Gasteiger partial charge on any atom is 0.258 e. The molecular weight excluding hydrogens is 290 g/mol. The first-order valence-corrected chi connectivity index (χ1v) is 6.35. The largest absolute Gasteiger partial charge is 0.444 e. The number of aryl methyl sites for hydroxylation is 2. The summed E-state index contributed by atoms with van der Waals surface area (Å²) >= 11 is 0. The average molecular weight is 306 g/mol. The first-order chi connectivity index (χ1) is 9.47. The second-order valence-electron chi connectivity index (χ2n) is 5.15. The van der Waals surface area contributed by atoms with Gasteiger partial charge in [-0.05, 0) is 37.1 Å². The first kappa shape index (κ1) is 15.3. The van der Waals surface area contributed by atoms with Crippen molar-refractivity contribution in [2.45, 2.75) is 13.8 Å². The summed E-state index contributed by atoms with van der Waals surface area (Å²) in [5.41, 5.74) is 5.20. The fourth-order valence-electron chi connectivity index (χ4n) is 2.12. The Balaban J connectivity index is 0.00000161. The van der Waals surface area contributed by atoms with E-state index in [9.17, 15) is 4.79 Å². The van der Waals surface area contributed by atoms with Gasteiger partial charge in [-0.3, -0.25) is 4.79 Å². The lowest BCUT2D eigenvalue weighted by atomic mass is 10.1. The van der Waals surface area contributed by atoms with Crippen molar-refractivity contribution in [3.8, 4) is 0 Å². The van der Waals surface area contributed by atoms with Gasteiger partial charge in [-0.15, -0.1) is 12.4 Å². The third-order valence-electron chi connectivity index (χ3n) is 3.43. The lowest BCUT2D eigenvalue weighted by Crippen LogP contribution is -2.21. The highest BCUT2D eigenvalue weighted by atomic mass is 35.5. The normalized spacial score (nSPS) is 10.7. The topological polar surface area (TPSA) is 59.2 Å². The fraction of sp³-hybridized carbons (Fsp3) is 0.267. The lowest BCUT2D eigenvalue weighted by Gasteiger charge is -2.08. The van der Waals surface area contributed by atoms with E-state index < -0.39 is 0 Å². The molecule has 3 aromatic rings. The Labute approximate surface area is 128 Å². The van der Waals surface area contributed by atoms with Crippen LogP contribution in [0.1, 0.15) is 21.5 Å². The number of amides is 1. The monoisotopic (exact) mass is 305 g/mol. The molecule has 0 radical (unpaired) electrons. The molecule has 0 bridgehead atoms. The van der Waals surface area contributed by atoms with E-state index >= 15 is 0 Å². The van der Waals surface area contributed by atoms with Crippen LogP contribution in [0.3, 0.4) is 0 Å². The van der Waals surface area contributed by atoms with Gasteiger partial charge in [0.2, 0.25) is 5.71 Å². The average Bonchev–Trinajstić information content (AvgIpc) is 2.79. The Hall–Kier alpha value is -2.14.